The van der Waals surface area contributed by atoms with Gasteiger partial charge in [0.1, 0.15) is 6.54 Å². The molecule has 0 bridgehead atoms. The Balaban J connectivity index is 2.01. The van der Waals surface area contributed by atoms with Gasteiger partial charge in [-0.2, -0.15) is 18.3 Å². The van der Waals surface area contributed by atoms with Crippen LogP contribution in [0.4, 0.5) is 13.2 Å². The third-order valence-corrected chi connectivity index (χ3v) is 4.15. The van der Waals surface area contributed by atoms with Crippen molar-refractivity contribution in [3.63, 3.8) is 0 Å². The van der Waals surface area contributed by atoms with Gasteiger partial charge in [-0.3, -0.25) is 9.48 Å². The Hall–Kier alpha value is -1.54. The van der Waals surface area contributed by atoms with Gasteiger partial charge in [0.15, 0.2) is 5.69 Å². The molecule has 2 aromatic rings. The van der Waals surface area contributed by atoms with Crippen molar-refractivity contribution in [1.82, 2.24) is 14.7 Å². The summed E-state index contributed by atoms with van der Waals surface area (Å²) >= 11 is 7.20. The molecule has 2 heterocycles. The van der Waals surface area contributed by atoms with E-state index >= 15 is 0 Å². The molecule has 22 heavy (non-hydrogen) atoms. The normalized spacial score (nSPS) is 11.7. The predicted octanol–water partition coefficient (Wildman–Crippen LogP) is 3.67. The van der Waals surface area contributed by atoms with Crippen molar-refractivity contribution in [2.45, 2.75) is 26.2 Å². The zero-order chi connectivity index (χ0) is 16.3. The van der Waals surface area contributed by atoms with Crippen LogP contribution in [0.3, 0.4) is 0 Å². The highest BCUT2D eigenvalue weighted by molar-refractivity contribution is 7.16. The first-order valence-corrected chi connectivity index (χ1v) is 7.61. The minimum Gasteiger partial charge on any atom is -0.336 e. The zero-order valence-electron chi connectivity index (χ0n) is 11.6. The van der Waals surface area contributed by atoms with Crippen molar-refractivity contribution in [2.24, 2.45) is 0 Å². The van der Waals surface area contributed by atoms with Gasteiger partial charge in [0.2, 0.25) is 5.91 Å². The van der Waals surface area contributed by atoms with Gasteiger partial charge in [-0.05, 0) is 25.1 Å². The highest BCUT2D eigenvalue weighted by atomic mass is 35.5. The number of rotatable bonds is 5. The van der Waals surface area contributed by atoms with Crippen LogP contribution >= 0.6 is 22.9 Å². The Morgan fingerprint density at radius 3 is 2.64 bits per heavy atom. The van der Waals surface area contributed by atoms with E-state index < -0.39 is 11.9 Å². The minimum absolute atomic E-state index is 0.233. The fourth-order valence-electron chi connectivity index (χ4n) is 1.84. The molecule has 0 aromatic carbocycles. The second kappa shape index (κ2) is 6.70. The highest BCUT2D eigenvalue weighted by Crippen LogP contribution is 2.27. The molecule has 0 radical (unpaired) electrons. The molecule has 2 rings (SSSR count). The fraction of sp³-hybridized carbons (Fsp3) is 0.385. The lowest BCUT2D eigenvalue weighted by Gasteiger charge is -2.20. The van der Waals surface area contributed by atoms with E-state index in [4.69, 9.17) is 11.6 Å². The Morgan fingerprint density at radius 2 is 2.14 bits per heavy atom. The van der Waals surface area contributed by atoms with Crippen molar-refractivity contribution in [3.8, 4) is 0 Å². The average Bonchev–Trinajstić information content (AvgIpc) is 3.04. The molecule has 9 heteroatoms. The topological polar surface area (TPSA) is 38.1 Å². The maximum Gasteiger partial charge on any atom is 0.435 e. The van der Waals surface area contributed by atoms with E-state index in [0.29, 0.717) is 17.4 Å². The molecule has 0 N–H and O–H groups in total. The molecule has 0 saturated heterocycles. The van der Waals surface area contributed by atoms with E-state index in [9.17, 15) is 18.0 Å². The number of carbonyl (C=O) groups is 1. The molecule has 0 atom stereocenters. The SMILES string of the molecule is CCN(Cc1ccc(Cl)s1)C(=O)Cn1ccc(C(F)(F)F)n1. The Morgan fingerprint density at radius 1 is 1.41 bits per heavy atom. The number of hydrogen-bond donors (Lipinski definition) is 0. The summed E-state index contributed by atoms with van der Waals surface area (Å²) in [5.74, 6) is -0.302. The molecule has 0 saturated carbocycles. The van der Waals surface area contributed by atoms with Crippen molar-refractivity contribution in [1.29, 1.82) is 0 Å². The predicted molar refractivity (Wildman–Crippen MR) is 77.6 cm³/mol. The number of thiophene rings is 1. The second-order valence-corrected chi connectivity index (χ2v) is 6.31. The molecule has 0 aliphatic rings. The third kappa shape index (κ3) is 4.23. The number of aromatic nitrogens is 2. The smallest absolute Gasteiger partial charge is 0.336 e. The van der Waals surface area contributed by atoms with Crippen LogP contribution in [0.2, 0.25) is 4.34 Å². The highest BCUT2D eigenvalue weighted by Gasteiger charge is 2.33. The van der Waals surface area contributed by atoms with Gasteiger partial charge < -0.3 is 4.90 Å². The Kier molecular flexibility index (Phi) is 5.12. The molecular formula is C13H13ClF3N3OS. The van der Waals surface area contributed by atoms with Crippen LogP contribution in [0.5, 0.6) is 0 Å². The van der Waals surface area contributed by atoms with Crippen molar-refractivity contribution >= 4 is 28.8 Å². The summed E-state index contributed by atoms with van der Waals surface area (Å²) in [5.41, 5.74) is -1.01. The molecule has 2 aromatic heterocycles. The van der Waals surface area contributed by atoms with Gasteiger partial charge >= 0.3 is 6.18 Å². The molecule has 4 nitrogen and oxygen atoms in total. The molecule has 0 aliphatic heterocycles. The van der Waals surface area contributed by atoms with Crippen LogP contribution in [0.25, 0.3) is 0 Å². The summed E-state index contributed by atoms with van der Waals surface area (Å²) in [6.45, 7) is 2.39. The second-order valence-electron chi connectivity index (χ2n) is 4.51. The van der Waals surface area contributed by atoms with Crippen LogP contribution in [-0.4, -0.2) is 27.1 Å². The van der Waals surface area contributed by atoms with Crippen LogP contribution in [-0.2, 0) is 24.1 Å². The lowest BCUT2D eigenvalue weighted by Crippen LogP contribution is -2.33. The quantitative estimate of drug-likeness (QED) is 0.824. The summed E-state index contributed by atoms with van der Waals surface area (Å²) in [4.78, 5) is 14.6. The maximum atomic E-state index is 12.5. The van der Waals surface area contributed by atoms with Gasteiger partial charge in [0, 0.05) is 17.6 Å². The van der Waals surface area contributed by atoms with Gasteiger partial charge in [-0.25, -0.2) is 0 Å². The van der Waals surface area contributed by atoms with Crippen LogP contribution in [0, 0.1) is 0 Å². The van der Waals surface area contributed by atoms with E-state index in [-0.39, 0.29) is 12.5 Å². The summed E-state index contributed by atoms with van der Waals surface area (Å²) < 4.78 is 39.0. The molecule has 0 spiro atoms. The van der Waals surface area contributed by atoms with Gasteiger partial charge in [0.05, 0.1) is 10.9 Å². The Bertz CT molecular complexity index is 653. The summed E-state index contributed by atoms with van der Waals surface area (Å²) in [6, 6.07) is 4.41. The standard InChI is InChI=1S/C13H13ClF3N3OS/c1-2-19(7-9-3-4-11(14)22-9)12(21)8-20-6-5-10(18-20)13(15,16)17/h3-6H,2,7-8H2,1H3. The largest absolute Gasteiger partial charge is 0.435 e. The first-order valence-electron chi connectivity index (χ1n) is 6.42. The van der Waals surface area contributed by atoms with E-state index in [2.05, 4.69) is 5.10 Å². The van der Waals surface area contributed by atoms with Crippen molar-refractivity contribution < 1.29 is 18.0 Å². The number of nitrogens with zero attached hydrogens (tertiary/aromatic N) is 3. The molecule has 0 aliphatic carbocycles. The van der Waals surface area contributed by atoms with Crippen molar-refractivity contribution in [3.05, 3.63) is 39.3 Å². The lowest BCUT2D eigenvalue weighted by molar-refractivity contribution is -0.142. The lowest BCUT2D eigenvalue weighted by atomic mass is 10.4. The fourth-order valence-corrected chi connectivity index (χ4v) is 2.94. The molecule has 120 valence electrons. The van der Waals surface area contributed by atoms with E-state index in [1.807, 2.05) is 6.07 Å². The molecule has 0 fully saturated rings. The molecule has 1 amide bonds. The van der Waals surface area contributed by atoms with Crippen molar-refractivity contribution in [2.75, 3.05) is 6.54 Å². The number of halogens is 4. The summed E-state index contributed by atoms with van der Waals surface area (Å²) in [5, 5.41) is 3.38. The number of likely N-dealkylation sites (N-methyl/N-ethyl adjacent to an activating group) is 1. The van der Waals surface area contributed by atoms with Crippen LogP contribution in [0.15, 0.2) is 24.4 Å². The first-order chi connectivity index (χ1) is 10.3. The van der Waals surface area contributed by atoms with E-state index in [1.165, 1.54) is 16.2 Å². The summed E-state index contributed by atoms with van der Waals surface area (Å²) in [7, 11) is 0. The molecular weight excluding hydrogens is 339 g/mol. The summed E-state index contributed by atoms with van der Waals surface area (Å²) in [6.07, 6.45) is -3.36. The first kappa shape index (κ1) is 16.8. The monoisotopic (exact) mass is 351 g/mol. The van der Waals surface area contributed by atoms with Crippen LogP contribution < -0.4 is 0 Å². The maximum absolute atomic E-state index is 12.5. The number of alkyl halides is 3. The van der Waals surface area contributed by atoms with Crippen LogP contribution in [0.1, 0.15) is 17.5 Å². The zero-order valence-corrected chi connectivity index (χ0v) is 13.2. The molecule has 0 unspecified atom stereocenters. The van der Waals surface area contributed by atoms with Gasteiger partial charge in [-0.1, -0.05) is 11.6 Å². The average molecular weight is 352 g/mol. The van der Waals surface area contributed by atoms with E-state index in [0.717, 1.165) is 21.8 Å². The number of hydrogen-bond acceptors (Lipinski definition) is 3. The Labute approximate surface area is 134 Å². The number of amides is 1. The third-order valence-electron chi connectivity index (χ3n) is 2.94. The van der Waals surface area contributed by atoms with E-state index in [1.54, 1.807) is 13.0 Å². The van der Waals surface area contributed by atoms with Gasteiger partial charge in [-0.15, -0.1) is 11.3 Å². The number of carbonyl (C=O) groups excluding carboxylic acids is 1. The van der Waals surface area contributed by atoms with Gasteiger partial charge in [0.25, 0.3) is 0 Å². The minimum atomic E-state index is -4.51.